The summed E-state index contributed by atoms with van der Waals surface area (Å²) in [7, 11) is 0. The van der Waals surface area contributed by atoms with Crippen LogP contribution >= 0.6 is 0 Å². The predicted octanol–water partition coefficient (Wildman–Crippen LogP) is 3.34. The Morgan fingerprint density at radius 2 is 1.89 bits per heavy atom. The minimum absolute atomic E-state index is 0.00933. The Kier molecular flexibility index (Phi) is 6.62. The number of nitrogens with zero attached hydrogens (tertiary/aromatic N) is 1. The van der Waals surface area contributed by atoms with Gasteiger partial charge in [-0.05, 0) is 37.3 Å². The number of hydrogen-bond acceptors (Lipinski definition) is 5. The van der Waals surface area contributed by atoms with Gasteiger partial charge < -0.3 is 9.47 Å². The van der Waals surface area contributed by atoms with Crippen molar-refractivity contribution in [2.24, 2.45) is 0 Å². The maximum absolute atomic E-state index is 12.5. The van der Waals surface area contributed by atoms with Crippen molar-refractivity contribution >= 4 is 5.91 Å². The quantitative estimate of drug-likeness (QED) is 0.453. The first kappa shape index (κ1) is 20.1. The molecule has 1 heterocycles. The summed E-state index contributed by atoms with van der Waals surface area (Å²) in [6.45, 7) is 1.45. The van der Waals surface area contributed by atoms with Crippen molar-refractivity contribution in [3.8, 4) is 29.7 Å². The van der Waals surface area contributed by atoms with Crippen LogP contribution in [-0.4, -0.2) is 23.6 Å². The van der Waals surface area contributed by atoms with Crippen molar-refractivity contribution in [3.05, 3.63) is 48.2 Å². The maximum Gasteiger partial charge on any atom is 0.417 e. The molecule has 0 bridgehead atoms. The first-order chi connectivity index (χ1) is 12.8. The molecule has 0 aliphatic heterocycles. The molecule has 0 saturated carbocycles. The van der Waals surface area contributed by atoms with E-state index in [-0.39, 0.29) is 12.5 Å². The Morgan fingerprint density at radius 3 is 2.44 bits per heavy atom. The first-order valence-electron chi connectivity index (χ1n) is 7.62. The second-order valence-electron chi connectivity index (χ2n) is 5.18. The lowest BCUT2D eigenvalue weighted by Gasteiger charge is -2.14. The molecule has 1 aromatic carbocycles. The van der Waals surface area contributed by atoms with Crippen molar-refractivity contribution in [1.82, 2.24) is 10.5 Å². The fourth-order valence-corrected chi connectivity index (χ4v) is 1.80. The van der Waals surface area contributed by atoms with Crippen LogP contribution in [0.1, 0.15) is 12.5 Å². The Bertz CT molecular complexity index is 799. The second-order valence-corrected chi connectivity index (χ2v) is 5.18. The minimum Gasteiger partial charge on any atom is -0.481 e. The Balaban J connectivity index is 1.91. The smallest absolute Gasteiger partial charge is 0.417 e. The molecule has 0 radical (unpaired) electrons. The summed E-state index contributed by atoms with van der Waals surface area (Å²) >= 11 is 0. The van der Waals surface area contributed by atoms with Crippen molar-refractivity contribution < 1.29 is 32.3 Å². The zero-order chi connectivity index (χ0) is 19.9. The highest BCUT2D eigenvalue weighted by Crippen LogP contribution is 2.30. The Labute approximate surface area is 153 Å². The molecule has 2 aromatic rings. The number of halogens is 3. The number of terminal acetylenes is 1. The molecule has 1 aromatic heterocycles. The van der Waals surface area contributed by atoms with E-state index < -0.39 is 23.8 Å². The summed E-state index contributed by atoms with van der Waals surface area (Å²) in [5.74, 6) is 2.41. The van der Waals surface area contributed by atoms with Crippen molar-refractivity contribution in [1.29, 1.82) is 0 Å². The van der Waals surface area contributed by atoms with E-state index >= 15 is 0 Å². The molecule has 9 heteroatoms. The SMILES string of the molecule is C#CCONC(=O)[C@@H](C)Oc1ccc(Oc2ccc(C(F)(F)F)cn2)cc1. The number of hydroxylamine groups is 1. The van der Waals surface area contributed by atoms with Crippen LogP contribution in [0.3, 0.4) is 0 Å². The zero-order valence-electron chi connectivity index (χ0n) is 14.1. The largest absolute Gasteiger partial charge is 0.481 e. The molecule has 0 fully saturated rings. The maximum atomic E-state index is 12.5. The van der Waals surface area contributed by atoms with E-state index in [0.717, 1.165) is 12.1 Å². The van der Waals surface area contributed by atoms with Gasteiger partial charge in [-0.15, -0.1) is 6.42 Å². The van der Waals surface area contributed by atoms with E-state index in [4.69, 9.17) is 20.7 Å². The highest BCUT2D eigenvalue weighted by molar-refractivity contribution is 5.79. The van der Waals surface area contributed by atoms with E-state index in [0.29, 0.717) is 17.7 Å². The second kappa shape index (κ2) is 8.91. The van der Waals surface area contributed by atoms with Crippen LogP contribution < -0.4 is 15.0 Å². The number of benzene rings is 1. The van der Waals surface area contributed by atoms with Crippen LogP contribution in [0.15, 0.2) is 42.6 Å². The lowest BCUT2D eigenvalue weighted by Crippen LogP contribution is -2.36. The van der Waals surface area contributed by atoms with Gasteiger partial charge >= 0.3 is 6.18 Å². The number of aromatic nitrogens is 1. The Morgan fingerprint density at radius 1 is 1.22 bits per heavy atom. The molecule has 0 aliphatic rings. The van der Waals surface area contributed by atoms with Gasteiger partial charge in [0, 0.05) is 12.3 Å². The van der Waals surface area contributed by atoms with Crippen LogP contribution in [0, 0.1) is 12.3 Å². The predicted molar refractivity (Wildman–Crippen MR) is 88.8 cm³/mol. The highest BCUT2D eigenvalue weighted by Gasteiger charge is 2.30. The number of hydrogen-bond donors (Lipinski definition) is 1. The van der Waals surface area contributed by atoms with Crippen LogP contribution in [0.4, 0.5) is 13.2 Å². The summed E-state index contributed by atoms with van der Waals surface area (Å²) in [6.07, 6.45) is 0.376. The third-order valence-corrected chi connectivity index (χ3v) is 3.12. The number of nitrogens with one attached hydrogen (secondary N) is 1. The fraction of sp³-hybridized carbons (Fsp3) is 0.222. The third-order valence-electron chi connectivity index (χ3n) is 3.12. The number of ether oxygens (including phenoxy) is 2. The average Bonchev–Trinajstić information content (AvgIpc) is 2.63. The van der Waals surface area contributed by atoms with Crippen molar-refractivity contribution in [2.75, 3.05) is 6.61 Å². The van der Waals surface area contributed by atoms with Gasteiger partial charge in [0.25, 0.3) is 5.91 Å². The van der Waals surface area contributed by atoms with E-state index in [1.54, 1.807) is 0 Å². The van der Waals surface area contributed by atoms with E-state index in [9.17, 15) is 18.0 Å². The summed E-state index contributed by atoms with van der Waals surface area (Å²) in [5.41, 5.74) is 1.28. The van der Waals surface area contributed by atoms with E-state index in [1.807, 2.05) is 0 Å². The number of pyridine rings is 1. The molecule has 142 valence electrons. The highest BCUT2D eigenvalue weighted by atomic mass is 19.4. The van der Waals surface area contributed by atoms with Gasteiger partial charge in [0.15, 0.2) is 6.10 Å². The molecule has 0 unspecified atom stereocenters. The summed E-state index contributed by atoms with van der Waals surface area (Å²) in [6, 6.07) is 8.11. The third kappa shape index (κ3) is 6.20. The van der Waals surface area contributed by atoms with Gasteiger partial charge in [-0.25, -0.2) is 10.5 Å². The molecule has 6 nitrogen and oxygen atoms in total. The molecular weight excluding hydrogens is 365 g/mol. The summed E-state index contributed by atoms with van der Waals surface area (Å²) < 4.78 is 48.3. The van der Waals surface area contributed by atoms with E-state index in [2.05, 4.69) is 16.4 Å². The van der Waals surface area contributed by atoms with Gasteiger partial charge in [0.1, 0.15) is 18.1 Å². The van der Waals surface area contributed by atoms with Crippen LogP contribution in [0.2, 0.25) is 0 Å². The molecular formula is C18H15F3N2O4. The molecule has 2 rings (SSSR count). The first-order valence-corrected chi connectivity index (χ1v) is 7.62. The van der Waals surface area contributed by atoms with Crippen molar-refractivity contribution in [2.45, 2.75) is 19.2 Å². The number of carbonyl (C=O) groups is 1. The summed E-state index contributed by atoms with van der Waals surface area (Å²) in [5, 5.41) is 0. The number of alkyl halides is 3. The minimum atomic E-state index is -4.46. The number of rotatable bonds is 7. The number of carbonyl (C=O) groups excluding carboxylic acids is 1. The molecule has 0 spiro atoms. The van der Waals surface area contributed by atoms with Crippen LogP contribution in [0.25, 0.3) is 0 Å². The normalized spacial score (nSPS) is 12.0. The molecule has 27 heavy (non-hydrogen) atoms. The molecule has 1 atom stereocenters. The average molecular weight is 380 g/mol. The van der Waals surface area contributed by atoms with Crippen LogP contribution in [-0.2, 0) is 15.8 Å². The molecule has 1 N–H and O–H groups in total. The summed E-state index contributed by atoms with van der Waals surface area (Å²) in [4.78, 5) is 20.0. The van der Waals surface area contributed by atoms with Gasteiger partial charge in [0.2, 0.25) is 5.88 Å². The topological polar surface area (TPSA) is 69.7 Å². The zero-order valence-corrected chi connectivity index (χ0v) is 14.1. The van der Waals surface area contributed by atoms with Crippen molar-refractivity contribution in [3.63, 3.8) is 0 Å². The molecule has 0 aliphatic carbocycles. The monoisotopic (exact) mass is 380 g/mol. The van der Waals surface area contributed by atoms with Gasteiger partial charge in [-0.1, -0.05) is 5.92 Å². The fourth-order valence-electron chi connectivity index (χ4n) is 1.80. The van der Waals surface area contributed by atoms with Gasteiger partial charge in [0.05, 0.1) is 5.56 Å². The van der Waals surface area contributed by atoms with E-state index in [1.165, 1.54) is 31.2 Å². The number of amides is 1. The van der Waals surface area contributed by atoms with Gasteiger partial charge in [-0.2, -0.15) is 13.2 Å². The molecule has 1 amide bonds. The lowest BCUT2D eigenvalue weighted by atomic mass is 10.3. The molecule has 0 saturated heterocycles. The lowest BCUT2D eigenvalue weighted by molar-refractivity contribution is -0.139. The Hall–Kier alpha value is -3.25. The van der Waals surface area contributed by atoms with Crippen LogP contribution in [0.5, 0.6) is 17.4 Å². The van der Waals surface area contributed by atoms with Gasteiger partial charge in [-0.3, -0.25) is 9.63 Å². The standard InChI is InChI=1S/C18H15F3N2O4/c1-3-10-25-23-17(24)12(2)26-14-5-7-15(8-6-14)27-16-9-4-13(11-22-16)18(19,20)21/h1,4-9,11-12H,10H2,2H3,(H,23,24)/t12-/m1/s1.